The molecule has 5 aliphatic carbocycles. The van der Waals surface area contributed by atoms with E-state index in [1.165, 1.54) is 133 Å². The van der Waals surface area contributed by atoms with Gasteiger partial charge in [0.25, 0.3) is 6.71 Å². The Balaban J connectivity index is 1.21. The molecule has 1 fully saturated rings. The number of hydrogen-bond acceptors (Lipinski definition) is 3. The molecule has 75 heavy (non-hydrogen) atoms. The summed E-state index contributed by atoms with van der Waals surface area (Å²) in [5.74, 6) is 2.94. The van der Waals surface area contributed by atoms with Gasteiger partial charge in [-0.15, -0.1) is 0 Å². The second-order valence-electron chi connectivity index (χ2n) is 31.1. The van der Waals surface area contributed by atoms with Crippen molar-refractivity contribution in [2.75, 3.05) is 9.80 Å². The molecule has 1 saturated carbocycles. The summed E-state index contributed by atoms with van der Waals surface area (Å²) in [6.45, 7) is 47.1. The Labute approximate surface area is 454 Å². The SMILES string of the molecule is Cc1cc2c(cc1N1C3=C(C=CC(C(C)(C)C)C3)B3c4c1cc(-c1ccc([Si](C)(C)C)cc1)cc4N(c1ccc4c(c1)C(C)(C)CCC4(C)C)c1oc4c(c13)CC1C(=C4)C(C)(C)CCC1(C)C)C(C)(C)CCC2(C)C. The van der Waals surface area contributed by atoms with E-state index in [9.17, 15) is 0 Å². The Hall–Kier alpha value is -4.74. The summed E-state index contributed by atoms with van der Waals surface area (Å²) in [6, 6.07) is 27.7. The molecule has 0 bridgehead atoms. The Bertz CT molecular complexity index is 3330. The average molecular weight is 1010 g/mol. The molecule has 5 aromatic rings. The van der Waals surface area contributed by atoms with Crippen molar-refractivity contribution in [3.8, 4) is 11.1 Å². The maximum atomic E-state index is 7.78. The number of aryl methyl sites for hydroxylation is 1. The van der Waals surface area contributed by atoms with Gasteiger partial charge >= 0.3 is 0 Å². The lowest BCUT2D eigenvalue weighted by atomic mass is 9.32. The minimum absolute atomic E-state index is 0.0106. The van der Waals surface area contributed by atoms with Crippen LogP contribution in [-0.2, 0) is 28.1 Å². The van der Waals surface area contributed by atoms with Crippen LogP contribution in [0.15, 0.2) is 100 Å². The van der Waals surface area contributed by atoms with Crippen LogP contribution in [0, 0.1) is 35.0 Å². The molecule has 392 valence electrons. The number of anilines is 5. The largest absolute Gasteiger partial charge is 0.441 e. The van der Waals surface area contributed by atoms with Crippen LogP contribution in [0.5, 0.6) is 0 Å². The third-order valence-electron chi connectivity index (χ3n) is 21.2. The summed E-state index contributed by atoms with van der Waals surface area (Å²) in [5.41, 5.74) is 24.5. The number of fused-ring (bicyclic) bond motifs is 8. The highest BCUT2D eigenvalue weighted by Gasteiger charge is 2.53. The van der Waals surface area contributed by atoms with Crippen molar-refractivity contribution in [3.63, 3.8) is 0 Å². The molecule has 0 saturated heterocycles. The van der Waals surface area contributed by atoms with E-state index in [4.69, 9.17) is 4.42 Å². The van der Waals surface area contributed by atoms with Crippen LogP contribution in [-0.4, -0.2) is 14.8 Å². The van der Waals surface area contributed by atoms with E-state index in [0.717, 1.165) is 24.5 Å². The van der Waals surface area contributed by atoms with Gasteiger partial charge in [0.05, 0.1) is 8.07 Å². The predicted molar refractivity (Wildman–Crippen MR) is 326 cm³/mol. The Morgan fingerprint density at radius 1 is 0.587 bits per heavy atom. The first-order valence-electron chi connectivity index (χ1n) is 29.3. The molecule has 0 radical (unpaired) electrons. The van der Waals surface area contributed by atoms with Gasteiger partial charge in [0.1, 0.15) is 5.76 Å². The molecule has 3 nitrogen and oxygen atoms in total. The maximum absolute atomic E-state index is 7.78. The van der Waals surface area contributed by atoms with E-state index < -0.39 is 8.07 Å². The van der Waals surface area contributed by atoms with Crippen molar-refractivity contribution in [2.24, 2.45) is 28.1 Å². The molecule has 2 unspecified atom stereocenters. The third-order valence-corrected chi connectivity index (χ3v) is 23.2. The van der Waals surface area contributed by atoms with Crippen LogP contribution in [0.4, 0.5) is 28.6 Å². The van der Waals surface area contributed by atoms with Gasteiger partial charge in [0.15, 0.2) is 0 Å². The zero-order valence-electron chi connectivity index (χ0n) is 49.8. The van der Waals surface area contributed by atoms with Crippen molar-refractivity contribution in [2.45, 2.75) is 203 Å². The summed E-state index contributed by atoms with van der Waals surface area (Å²) in [7, 11) is -1.55. The molecule has 12 rings (SSSR count). The molecule has 4 aromatic carbocycles. The lowest BCUT2D eigenvalue weighted by molar-refractivity contribution is 0.123. The van der Waals surface area contributed by atoms with Gasteiger partial charge in [-0.1, -0.05) is 183 Å². The van der Waals surface area contributed by atoms with E-state index in [-0.39, 0.29) is 44.6 Å². The molecule has 0 N–H and O–H groups in total. The van der Waals surface area contributed by atoms with E-state index >= 15 is 0 Å². The topological polar surface area (TPSA) is 19.6 Å². The second-order valence-corrected chi connectivity index (χ2v) is 36.2. The average Bonchev–Trinajstić information content (AvgIpc) is 3.73. The highest BCUT2D eigenvalue weighted by Crippen LogP contribution is 2.59. The monoisotopic (exact) mass is 1010 g/mol. The first kappa shape index (κ1) is 51.0. The van der Waals surface area contributed by atoms with Gasteiger partial charge in [-0.25, -0.2) is 0 Å². The predicted octanol–water partition coefficient (Wildman–Crippen LogP) is 17.9. The highest BCUT2D eigenvalue weighted by molar-refractivity contribution is 6.96. The summed E-state index contributed by atoms with van der Waals surface area (Å²) >= 11 is 0. The lowest BCUT2D eigenvalue weighted by Gasteiger charge is -2.50. The summed E-state index contributed by atoms with van der Waals surface area (Å²) in [4.78, 5) is 5.44. The van der Waals surface area contributed by atoms with E-state index in [1.54, 1.807) is 5.57 Å². The lowest BCUT2D eigenvalue weighted by Crippen LogP contribution is -2.57. The minimum atomic E-state index is -1.55. The van der Waals surface area contributed by atoms with Crippen LogP contribution >= 0.6 is 0 Å². The number of nitrogens with zero attached hydrogens (tertiary/aromatic N) is 2. The Morgan fingerprint density at radius 2 is 1.16 bits per heavy atom. The molecule has 0 spiro atoms. The van der Waals surface area contributed by atoms with E-state index in [0.29, 0.717) is 11.8 Å². The fourth-order valence-electron chi connectivity index (χ4n) is 15.5. The molecule has 3 heterocycles. The van der Waals surface area contributed by atoms with Crippen LogP contribution in [0.25, 0.3) is 17.2 Å². The van der Waals surface area contributed by atoms with E-state index in [1.807, 2.05) is 0 Å². The second kappa shape index (κ2) is 16.2. The van der Waals surface area contributed by atoms with Crippen LogP contribution in [0.3, 0.4) is 0 Å². The molecule has 1 aromatic heterocycles. The Kier molecular flexibility index (Phi) is 11.0. The van der Waals surface area contributed by atoms with Crippen molar-refractivity contribution >= 4 is 65.6 Å². The molecule has 5 heteroatoms. The standard InChI is InChI=1S/C70H89BN2OSi/c1-42-34-50-53(69(13,14)32-30-66(50,7)8)40-56(42)73-57-37-45(64(2,3)4)22-27-55(57)71-61-48-39-52-54(70(15,16)33-31-68(52,11)12)41-60(48)74-63(61)72(46-23-26-49-51(38-46)67(9,10)29-28-65(49,5)6)58-35-44(36-59(73)62(58)71)43-20-24-47(25-21-43)75(17,18)19/h20-27,34-36,38,40-41,45,52H,28-33,37,39H2,1-19H3. The van der Waals surface area contributed by atoms with Gasteiger partial charge in [0.2, 0.25) is 5.88 Å². The van der Waals surface area contributed by atoms with Crippen LogP contribution < -0.4 is 25.9 Å². The Morgan fingerprint density at radius 3 is 1.77 bits per heavy atom. The van der Waals surface area contributed by atoms with Crippen molar-refractivity contribution in [1.82, 2.24) is 0 Å². The van der Waals surface area contributed by atoms with Crippen LogP contribution in [0.1, 0.15) is 188 Å². The van der Waals surface area contributed by atoms with Crippen molar-refractivity contribution in [3.05, 3.63) is 135 Å². The molecular formula is C70H89BN2OSi. The van der Waals surface area contributed by atoms with Gasteiger partial charge in [-0.3, -0.25) is 4.90 Å². The molecule has 0 amide bonds. The number of hydrogen-bond donors (Lipinski definition) is 0. The number of rotatable bonds is 4. The van der Waals surface area contributed by atoms with Crippen molar-refractivity contribution < 1.29 is 4.42 Å². The third kappa shape index (κ3) is 7.81. The quantitative estimate of drug-likeness (QED) is 0.167. The first-order chi connectivity index (χ1) is 34.8. The minimum Gasteiger partial charge on any atom is -0.441 e. The van der Waals surface area contributed by atoms with E-state index in [2.05, 4.69) is 225 Å². The van der Waals surface area contributed by atoms with Crippen molar-refractivity contribution in [1.29, 1.82) is 0 Å². The molecule has 2 aliphatic heterocycles. The smallest absolute Gasteiger partial charge is 0.256 e. The van der Waals surface area contributed by atoms with Gasteiger partial charge in [-0.2, -0.15) is 0 Å². The zero-order valence-corrected chi connectivity index (χ0v) is 50.8. The normalized spacial score (nSPS) is 24.0. The number of allylic oxidation sites excluding steroid dienone is 5. The number of furan rings is 1. The van der Waals surface area contributed by atoms with Gasteiger partial charge in [0, 0.05) is 28.4 Å². The number of benzene rings is 4. The summed E-state index contributed by atoms with van der Waals surface area (Å²) in [5, 5.41) is 1.49. The molecular weight excluding hydrogens is 924 g/mol. The van der Waals surface area contributed by atoms with Gasteiger partial charge < -0.3 is 9.32 Å². The fourth-order valence-corrected chi connectivity index (χ4v) is 16.6. The summed E-state index contributed by atoms with van der Waals surface area (Å²) in [6.07, 6.45) is 16.9. The molecule has 7 aliphatic rings. The summed E-state index contributed by atoms with van der Waals surface area (Å²) < 4.78 is 7.78. The molecule has 2 atom stereocenters. The van der Waals surface area contributed by atoms with Gasteiger partial charge in [-0.05, 0) is 205 Å². The maximum Gasteiger partial charge on any atom is 0.256 e. The first-order valence-corrected chi connectivity index (χ1v) is 32.8. The zero-order chi connectivity index (χ0) is 53.7. The van der Waals surface area contributed by atoms with Crippen LogP contribution in [0.2, 0.25) is 19.6 Å². The highest BCUT2D eigenvalue weighted by atomic mass is 28.3. The fraction of sp³-hybridized carbons (Fsp3) is 0.514.